The monoisotopic (exact) mass is 250 g/mol. The summed E-state index contributed by atoms with van der Waals surface area (Å²) in [6.07, 6.45) is 1.48. The van der Waals surface area contributed by atoms with Gasteiger partial charge in [-0.1, -0.05) is 0 Å². The van der Waals surface area contributed by atoms with E-state index in [0.29, 0.717) is 11.8 Å². The van der Waals surface area contributed by atoms with Gasteiger partial charge in [-0.25, -0.2) is 4.68 Å². The molecule has 2 atom stereocenters. The maximum atomic E-state index is 12.3. The summed E-state index contributed by atoms with van der Waals surface area (Å²) in [5.74, 6) is 1.23. The van der Waals surface area contributed by atoms with Crippen molar-refractivity contribution >= 4 is 5.91 Å². The molecule has 98 valence electrons. The van der Waals surface area contributed by atoms with Crippen LogP contribution in [-0.4, -0.2) is 56.2 Å². The molecule has 0 aliphatic carbocycles. The largest absolute Gasteiger partial charge is 0.335 e. The number of nitrogens with one attached hydrogen (secondary N) is 1. The summed E-state index contributed by atoms with van der Waals surface area (Å²) in [6, 6.07) is 0. The van der Waals surface area contributed by atoms with Gasteiger partial charge in [0.1, 0.15) is 12.9 Å². The Morgan fingerprint density at radius 1 is 1.50 bits per heavy atom. The summed E-state index contributed by atoms with van der Waals surface area (Å²) in [5, 5.41) is 14.2. The quantitative estimate of drug-likeness (QED) is 0.738. The zero-order chi connectivity index (χ0) is 12.8. The lowest BCUT2D eigenvalue weighted by Gasteiger charge is -2.35. The summed E-state index contributed by atoms with van der Waals surface area (Å²) >= 11 is 0. The number of fused-ring (bicyclic) bond motifs is 1. The molecule has 18 heavy (non-hydrogen) atoms. The van der Waals surface area contributed by atoms with Gasteiger partial charge in [0.15, 0.2) is 0 Å². The van der Waals surface area contributed by atoms with E-state index in [2.05, 4.69) is 34.7 Å². The van der Waals surface area contributed by atoms with Crippen molar-refractivity contribution in [3.8, 4) is 0 Å². The molecular weight excluding hydrogens is 232 g/mol. The first-order chi connectivity index (χ1) is 8.59. The van der Waals surface area contributed by atoms with Gasteiger partial charge in [0.05, 0.1) is 0 Å². The molecule has 3 heterocycles. The van der Waals surface area contributed by atoms with E-state index in [1.807, 2.05) is 4.90 Å². The predicted molar refractivity (Wildman–Crippen MR) is 63.5 cm³/mol. The fourth-order valence-electron chi connectivity index (χ4n) is 3.32. The van der Waals surface area contributed by atoms with Gasteiger partial charge in [0.25, 0.3) is 0 Å². The number of tetrazole rings is 1. The van der Waals surface area contributed by atoms with E-state index >= 15 is 0 Å². The smallest absolute Gasteiger partial charge is 0.244 e. The number of aromatic nitrogens is 4. The van der Waals surface area contributed by atoms with Crippen molar-refractivity contribution in [2.75, 3.05) is 19.6 Å². The van der Waals surface area contributed by atoms with Crippen molar-refractivity contribution in [2.45, 2.75) is 25.9 Å². The minimum atomic E-state index is -0.0841. The van der Waals surface area contributed by atoms with Crippen LogP contribution in [0, 0.1) is 11.8 Å². The van der Waals surface area contributed by atoms with E-state index in [9.17, 15) is 4.79 Å². The van der Waals surface area contributed by atoms with Crippen LogP contribution in [0.25, 0.3) is 0 Å². The van der Waals surface area contributed by atoms with Crippen LogP contribution in [0.1, 0.15) is 13.8 Å². The Balaban J connectivity index is 1.74. The standard InChI is InChI=1S/C11H18N6O/c1-11(2)9-4-12-3-8(9)5-17(11)10(18)6-16-7-13-14-15-16/h7-9,12H,3-6H2,1-2H3. The van der Waals surface area contributed by atoms with Gasteiger partial charge in [0.2, 0.25) is 5.91 Å². The van der Waals surface area contributed by atoms with Crippen LogP contribution in [0.5, 0.6) is 0 Å². The second kappa shape index (κ2) is 4.01. The Bertz CT molecular complexity index is 442. The highest BCUT2D eigenvalue weighted by Crippen LogP contribution is 2.40. The number of nitrogens with zero attached hydrogens (tertiary/aromatic N) is 5. The number of likely N-dealkylation sites (tertiary alicyclic amines) is 1. The van der Waals surface area contributed by atoms with Crippen molar-refractivity contribution in [1.29, 1.82) is 0 Å². The third kappa shape index (κ3) is 1.69. The fourth-order valence-corrected chi connectivity index (χ4v) is 3.32. The summed E-state index contributed by atoms with van der Waals surface area (Å²) in [6.45, 7) is 7.40. The first kappa shape index (κ1) is 11.6. The summed E-state index contributed by atoms with van der Waals surface area (Å²) in [7, 11) is 0. The number of carbonyl (C=O) groups excluding carboxylic acids is 1. The summed E-state index contributed by atoms with van der Waals surface area (Å²) in [5.41, 5.74) is -0.0841. The van der Waals surface area contributed by atoms with Crippen LogP contribution < -0.4 is 5.32 Å². The molecule has 2 fully saturated rings. The Morgan fingerprint density at radius 2 is 2.33 bits per heavy atom. The van der Waals surface area contributed by atoms with Crippen molar-refractivity contribution in [3.05, 3.63) is 6.33 Å². The molecule has 1 N–H and O–H groups in total. The number of hydrogen-bond acceptors (Lipinski definition) is 5. The van der Waals surface area contributed by atoms with Crippen LogP contribution >= 0.6 is 0 Å². The van der Waals surface area contributed by atoms with E-state index in [1.165, 1.54) is 11.0 Å². The molecule has 0 bridgehead atoms. The molecular formula is C11H18N6O. The second-order valence-corrected chi connectivity index (χ2v) is 5.69. The normalized spacial score (nSPS) is 29.6. The van der Waals surface area contributed by atoms with Gasteiger partial charge in [0, 0.05) is 25.2 Å². The van der Waals surface area contributed by atoms with Gasteiger partial charge in [-0.3, -0.25) is 4.79 Å². The lowest BCUT2D eigenvalue weighted by molar-refractivity contribution is -0.136. The topological polar surface area (TPSA) is 75.9 Å². The fraction of sp³-hybridized carbons (Fsp3) is 0.818. The number of carbonyl (C=O) groups is 1. The molecule has 0 saturated carbocycles. The third-order valence-electron chi connectivity index (χ3n) is 4.35. The predicted octanol–water partition coefficient (Wildman–Crippen LogP) is -0.870. The minimum Gasteiger partial charge on any atom is -0.335 e. The van der Waals surface area contributed by atoms with Crippen molar-refractivity contribution < 1.29 is 4.79 Å². The van der Waals surface area contributed by atoms with Crippen molar-refractivity contribution in [1.82, 2.24) is 30.4 Å². The molecule has 2 saturated heterocycles. The molecule has 0 aromatic carbocycles. The molecule has 0 radical (unpaired) electrons. The Morgan fingerprint density at radius 3 is 3.00 bits per heavy atom. The number of amides is 1. The van der Waals surface area contributed by atoms with Crippen LogP contribution in [0.15, 0.2) is 6.33 Å². The maximum absolute atomic E-state index is 12.3. The van der Waals surface area contributed by atoms with Crippen molar-refractivity contribution in [2.24, 2.45) is 11.8 Å². The van der Waals surface area contributed by atoms with Crippen LogP contribution in [0.2, 0.25) is 0 Å². The van der Waals surface area contributed by atoms with Crippen LogP contribution in [-0.2, 0) is 11.3 Å². The highest BCUT2D eigenvalue weighted by atomic mass is 16.2. The maximum Gasteiger partial charge on any atom is 0.244 e. The molecule has 1 amide bonds. The minimum absolute atomic E-state index is 0.0841. The van der Waals surface area contributed by atoms with Crippen molar-refractivity contribution in [3.63, 3.8) is 0 Å². The average molecular weight is 250 g/mol. The summed E-state index contributed by atoms with van der Waals surface area (Å²) < 4.78 is 1.48. The number of hydrogen-bond donors (Lipinski definition) is 1. The highest BCUT2D eigenvalue weighted by Gasteiger charge is 2.51. The lowest BCUT2D eigenvalue weighted by Crippen LogP contribution is -2.48. The molecule has 7 heteroatoms. The third-order valence-corrected chi connectivity index (χ3v) is 4.35. The van der Waals surface area contributed by atoms with Gasteiger partial charge < -0.3 is 10.2 Å². The average Bonchev–Trinajstić information content (AvgIpc) is 2.98. The Labute approximate surface area is 106 Å². The first-order valence-electron chi connectivity index (χ1n) is 6.31. The van der Waals surface area contributed by atoms with Crippen LogP contribution in [0.4, 0.5) is 0 Å². The second-order valence-electron chi connectivity index (χ2n) is 5.69. The molecule has 0 spiro atoms. The van der Waals surface area contributed by atoms with E-state index in [0.717, 1.165) is 19.6 Å². The Hall–Kier alpha value is -1.50. The summed E-state index contributed by atoms with van der Waals surface area (Å²) in [4.78, 5) is 14.3. The molecule has 2 aliphatic rings. The SMILES string of the molecule is CC1(C)C2CNCC2CN1C(=O)Cn1cnnn1. The molecule has 3 rings (SSSR count). The number of rotatable bonds is 2. The van der Waals surface area contributed by atoms with Gasteiger partial charge >= 0.3 is 0 Å². The molecule has 2 aliphatic heterocycles. The van der Waals surface area contributed by atoms with E-state index in [4.69, 9.17) is 0 Å². The van der Waals surface area contributed by atoms with Crippen LogP contribution in [0.3, 0.4) is 0 Å². The molecule has 7 nitrogen and oxygen atoms in total. The van der Waals surface area contributed by atoms with Gasteiger partial charge in [-0.15, -0.1) is 5.10 Å². The van der Waals surface area contributed by atoms with Gasteiger partial charge in [-0.05, 0) is 36.1 Å². The lowest BCUT2D eigenvalue weighted by atomic mass is 9.85. The Kier molecular flexibility index (Phi) is 2.58. The molecule has 2 unspecified atom stereocenters. The van der Waals surface area contributed by atoms with E-state index in [1.54, 1.807) is 0 Å². The van der Waals surface area contributed by atoms with E-state index in [-0.39, 0.29) is 18.0 Å². The molecule has 1 aromatic heterocycles. The first-order valence-corrected chi connectivity index (χ1v) is 6.31. The highest BCUT2D eigenvalue weighted by molar-refractivity contribution is 5.77. The zero-order valence-electron chi connectivity index (χ0n) is 10.7. The van der Waals surface area contributed by atoms with Gasteiger partial charge in [-0.2, -0.15) is 0 Å². The molecule has 1 aromatic rings. The zero-order valence-corrected chi connectivity index (χ0v) is 10.7. The van der Waals surface area contributed by atoms with E-state index < -0.39 is 0 Å².